The van der Waals surface area contributed by atoms with Gasteiger partial charge in [-0.05, 0) is 65.5 Å². The van der Waals surface area contributed by atoms with Gasteiger partial charge in [0.05, 0.1) is 6.04 Å². The summed E-state index contributed by atoms with van der Waals surface area (Å²) >= 11 is 5.14. The average molecular weight is 328 g/mol. The van der Waals surface area contributed by atoms with E-state index < -0.39 is 0 Å². The van der Waals surface area contributed by atoms with Gasteiger partial charge in [0.15, 0.2) is 0 Å². The molecule has 1 aromatic heterocycles. The molecule has 0 spiro atoms. The standard InChI is InChI=1S/C14H15BrFNS/c1-8-6-9(2)12(11(16)7-8)13(17-3)14-10(15)4-5-18-14/h4-7,13,17H,1-3H3. The molecule has 0 aliphatic carbocycles. The fourth-order valence-corrected chi connectivity index (χ4v) is 3.93. The van der Waals surface area contributed by atoms with Crippen molar-refractivity contribution in [3.05, 3.63) is 55.4 Å². The molecule has 4 heteroatoms. The van der Waals surface area contributed by atoms with Gasteiger partial charge >= 0.3 is 0 Å². The van der Waals surface area contributed by atoms with E-state index in [9.17, 15) is 4.39 Å². The Labute approximate surface area is 119 Å². The summed E-state index contributed by atoms with van der Waals surface area (Å²) in [6, 6.07) is 5.49. The van der Waals surface area contributed by atoms with Crippen LogP contribution in [0, 0.1) is 19.7 Å². The van der Waals surface area contributed by atoms with Gasteiger partial charge in [-0.3, -0.25) is 0 Å². The number of benzene rings is 1. The highest BCUT2D eigenvalue weighted by molar-refractivity contribution is 9.10. The van der Waals surface area contributed by atoms with Gasteiger partial charge in [0, 0.05) is 14.9 Å². The van der Waals surface area contributed by atoms with Crippen LogP contribution in [-0.2, 0) is 0 Å². The topological polar surface area (TPSA) is 12.0 Å². The van der Waals surface area contributed by atoms with E-state index in [4.69, 9.17) is 0 Å². The lowest BCUT2D eigenvalue weighted by Gasteiger charge is -2.19. The summed E-state index contributed by atoms with van der Waals surface area (Å²) < 4.78 is 15.2. The van der Waals surface area contributed by atoms with Gasteiger partial charge in [0.25, 0.3) is 0 Å². The van der Waals surface area contributed by atoms with Crippen LogP contribution in [-0.4, -0.2) is 7.05 Å². The Morgan fingerprint density at radius 1 is 1.33 bits per heavy atom. The highest BCUT2D eigenvalue weighted by Crippen LogP contribution is 2.35. The van der Waals surface area contributed by atoms with Crippen LogP contribution in [0.1, 0.15) is 27.6 Å². The maximum Gasteiger partial charge on any atom is 0.128 e. The van der Waals surface area contributed by atoms with Crippen molar-refractivity contribution < 1.29 is 4.39 Å². The lowest BCUT2D eigenvalue weighted by molar-refractivity contribution is 0.574. The van der Waals surface area contributed by atoms with Gasteiger partial charge in [-0.25, -0.2) is 4.39 Å². The molecule has 1 nitrogen and oxygen atoms in total. The summed E-state index contributed by atoms with van der Waals surface area (Å²) in [5.41, 5.74) is 2.66. The van der Waals surface area contributed by atoms with Crippen molar-refractivity contribution in [2.24, 2.45) is 0 Å². The van der Waals surface area contributed by atoms with Crippen molar-refractivity contribution in [1.29, 1.82) is 0 Å². The fourth-order valence-electron chi connectivity index (χ4n) is 2.21. The molecule has 2 aromatic rings. The van der Waals surface area contributed by atoms with Gasteiger partial charge in [0.1, 0.15) is 5.82 Å². The predicted octanol–water partition coefficient (Wildman–Crippen LogP) is 4.58. The number of rotatable bonds is 3. The second-order valence-corrected chi connectivity index (χ2v) is 6.13. The summed E-state index contributed by atoms with van der Waals surface area (Å²) in [7, 11) is 1.86. The van der Waals surface area contributed by atoms with E-state index in [1.165, 1.54) is 0 Å². The van der Waals surface area contributed by atoms with Crippen molar-refractivity contribution in [2.45, 2.75) is 19.9 Å². The van der Waals surface area contributed by atoms with E-state index in [-0.39, 0.29) is 11.9 Å². The molecule has 0 fully saturated rings. The SMILES string of the molecule is CNC(c1sccc1Br)c1c(C)cc(C)cc1F. The van der Waals surface area contributed by atoms with E-state index in [2.05, 4.69) is 21.2 Å². The second kappa shape index (κ2) is 5.51. The number of halogens is 2. The Hall–Kier alpha value is -0.710. The van der Waals surface area contributed by atoms with Crippen LogP contribution >= 0.6 is 27.3 Å². The van der Waals surface area contributed by atoms with Crippen molar-refractivity contribution in [3.63, 3.8) is 0 Å². The van der Waals surface area contributed by atoms with Gasteiger partial charge in [0.2, 0.25) is 0 Å². The first-order valence-corrected chi connectivity index (χ1v) is 7.38. The molecule has 1 atom stereocenters. The molecule has 1 aromatic carbocycles. The third kappa shape index (κ3) is 2.51. The molecule has 0 saturated carbocycles. The van der Waals surface area contributed by atoms with E-state index in [0.29, 0.717) is 0 Å². The first-order chi connectivity index (χ1) is 8.54. The van der Waals surface area contributed by atoms with Crippen molar-refractivity contribution >= 4 is 27.3 Å². The van der Waals surface area contributed by atoms with E-state index in [1.54, 1.807) is 17.4 Å². The number of hydrogen-bond acceptors (Lipinski definition) is 2. The predicted molar refractivity (Wildman–Crippen MR) is 78.8 cm³/mol. The maximum atomic E-state index is 14.2. The Balaban J connectivity index is 2.56. The molecular formula is C14H15BrFNS. The van der Waals surface area contributed by atoms with Crippen LogP contribution < -0.4 is 5.32 Å². The van der Waals surface area contributed by atoms with Crippen LogP contribution in [0.2, 0.25) is 0 Å². The minimum atomic E-state index is -0.146. The summed E-state index contributed by atoms with van der Waals surface area (Å²) in [5.74, 6) is -0.146. The van der Waals surface area contributed by atoms with Crippen LogP contribution in [0.15, 0.2) is 28.1 Å². The largest absolute Gasteiger partial charge is 0.309 e. The van der Waals surface area contributed by atoms with E-state index in [0.717, 1.165) is 26.0 Å². The van der Waals surface area contributed by atoms with Crippen molar-refractivity contribution in [1.82, 2.24) is 5.32 Å². The van der Waals surface area contributed by atoms with Crippen LogP contribution in [0.5, 0.6) is 0 Å². The average Bonchev–Trinajstić information content (AvgIpc) is 2.69. The zero-order valence-corrected chi connectivity index (χ0v) is 13.0. The Morgan fingerprint density at radius 2 is 2.06 bits per heavy atom. The number of aryl methyl sites for hydroxylation is 2. The van der Waals surface area contributed by atoms with Crippen LogP contribution in [0.25, 0.3) is 0 Å². The molecule has 1 unspecified atom stereocenters. The molecule has 96 valence electrons. The Bertz CT molecular complexity index is 542. The molecule has 0 aliphatic heterocycles. The molecule has 18 heavy (non-hydrogen) atoms. The molecule has 0 aliphatic rings. The summed E-state index contributed by atoms with van der Waals surface area (Å²) in [6.07, 6.45) is 0. The lowest BCUT2D eigenvalue weighted by atomic mass is 9.97. The first-order valence-electron chi connectivity index (χ1n) is 5.71. The van der Waals surface area contributed by atoms with Crippen molar-refractivity contribution in [3.8, 4) is 0 Å². The molecule has 0 radical (unpaired) electrons. The summed E-state index contributed by atoms with van der Waals surface area (Å²) in [6.45, 7) is 3.87. The Morgan fingerprint density at radius 3 is 2.56 bits per heavy atom. The zero-order valence-electron chi connectivity index (χ0n) is 10.6. The number of hydrogen-bond donors (Lipinski definition) is 1. The minimum Gasteiger partial charge on any atom is -0.309 e. The number of thiophene rings is 1. The Kier molecular flexibility index (Phi) is 4.20. The maximum absolute atomic E-state index is 14.2. The van der Waals surface area contributed by atoms with Gasteiger partial charge < -0.3 is 5.32 Å². The highest BCUT2D eigenvalue weighted by atomic mass is 79.9. The zero-order chi connectivity index (χ0) is 13.3. The quantitative estimate of drug-likeness (QED) is 0.870. The molecule has 1 heterocycles. The molecule has 1 N–H and O–H groups in total. The fraction of sp³-hybridized carbons (Fsp3) is 0.286. The smallest absolute Gasteiger partial charge is 0.128 e. The van der Waals surface area contributed by atoms with E-state index >= 15 is 0 Å². The molecule has 0 amide bonds. The summed E-state index contributed by atoms with van der Waals surface area (Å²) in [5, 5.41) is 5.21. The molecular weight excluding hydrogens is 313 g/mol. The van der Waals surface area contributed by atoms with Gasteiger partial charge in [-0.15, -0.1) is 11.3 Å². The lowest BCUT2D eigenvalue weighted by Crippen LogP contribution is -2.19. The van der Waals surface area contributed by atoms with Crippen molar-refractivity contribution in [2.75, 3.05) is 7.05 Å². The van der Waals surface area contributed by atoms with E-state index in [1.807, 2.05) is 38.4 Å². The monoisotopic (exact) mass is 327 g/mol. The van der Waals surface area contributed by atoms with Crippen LogP contribution in [0.3, 0.4) is 0 Å². The normalized spacial score (nSPS) is 12.7. The minimum absolute atomic E-state index is 0.111. The van der Waals surface area contributed by atoms with Gasteiger partial charge in [-0.2, -0.15) is 0 Å². The first kappa shape index (κ1) is 13.7. The third-order valence-corrected chi connectivity index (χ3v) is 4.90. The third-order valence-electron chi connectivity index (χ3n) is 2.97. The van der Waals surface area contributed by atoms with Crippen LogP contribution in [0.4, 0.5) is 4.39 Å². The van der Waals surface area contributed by atoms with Gasteiger partial charge in [-0.1, -0.05) is 6.07 Å². The summed E-state index contributed by atoms with van der Waals surface area (Å²) in [4.78, 5) is 1.10. The number of nitrogens with one attached hydrogen (secondary N) is 1. The second-order valence-electron chi connectivity index (χ2n) is 4.33. The molecule has 2 rings (SSSR count). The molecule has 0 saturated heterocycles. The molecule has 0 bridgehead atoms. The highest BCUT2D eigenvalue weighted by Gasteiger charge is 2.21.